The molecule has 1 amide bonds. The van der Waals surface area contributed by atoms with Gasteiger partial charge in [0.05, 0.1) is 22.4 Å². The summed E-state index contributed by atoms with van der Waals surface area (Å²) in [6, 6.07) is 4.83. The number of rotatable bonds is 5. The molecule has 0 unspecified atom stereocenters. The van der Waals surface area contributed by atoms with Crippen molar-refractivity contribution in [2.45, 2.75) is 24.8 Å². The first-order valence-corrected chi connectivity index (χ1v) is 8.23. The van der Waals surface area contributed by atoms with Crippen molar-refractivity contribution >= 4 is 28.5 Å². The van der Waals surface area contributed by atoms with E-state index in [1.54, 1.807) is 0 Å². The number of carbonyl (C=O) groups excluding carboxylic acids is 1. The van der Waals surface area contributed by atoms with E-state index in [0.29, 0.717) is 26.1 Å². The van der Waals surface area contributed by atoms with Crippen molar-refractivity contribution in [1.29, 1.82) is 0 Å². The summed E-state index contributed by atoms with van der Waals surface area (Å²) in [5.74, 6) is -1.72. The number of hydrogen-bond acceptors (Lipinski definition) is 6. The molecule has 0 bridgehead atoms. The maximum atomic E-state index is 12.9. The Hall–Kier alpha value is -3.27. The van der Waals surface area contributed by atoms with Crippen LogP contribution in [0.1, 0.15) is 29.6 Å². The van der Waals surface area contributed by atoms with Crippen LogP contribution in [0.4, 0.5) is 5.69 Å². The maximum Gasteiger partial charge on any atom is 0.305 e. The number of carbonyl (C=O) groups is 2. The van der Waals surface area contributed by atoms with E-state index in [2.05, 4.69) is 10.3 Å². The average molecular weight is 375 g/mol. The summed E-state index contributed by atoms with van der Waals surface area (Å²) in [6.45, 7) is 0.601. The van der Waals surface area contributed by atoms with E-state index < -0.39 is 27.9 Å². The van der Waals surface area contributed by atoms with Gasteiger partial charge in [0.15, 0.2) is 0 Å². The Bertz CT molecular complexity index is 976. The Morgan fingerprint density at radius 3 is 2.63 bits per heavy atom. The van der Waals surface area contributed by atoms with E-state index in [4.69, 9.17) is 4.74 Å². The number of carboxylic acid groups (broad SMARTS) is 1. The monoisotopic (exact) mass is 375 g/mol. The molecule has 3 N–H and O–H groups in total. The Kier molecular flexibility index (Phi) is 4.91. The molecule has 1 saturated heterocycles. The van der Waals surface area contributed by atoms with Gasteiger partial charge in [0, 0.05) is 42.3 Å². The standard InChI is InChI=1S/C17H17N3O7/c21-14-8-12(11-7-10(20(25)26)1-2-13(11)18-14)16(24)19-17(9-15(22)23)3-5-27-6-4-17/h1-2,7-8H,3-6,9H2,(H,18,21)(H,19,24)(H,22,23). The van der Waals surface area contributed by atoms with Crippen LogP contribution in [0.5, 0.6) is 0 Å². The van der Waals surface area contributed by atoms with Gasteiger partial charge in [0.25, 0.3) is 11.6 Å². The Labute approximate surface area is 152 Å². The number of nitrogens with zero attached hydrogens (tertiary/aromatic N) is 1. The summed E-state index contributed by atoms with van der Waals surface area (Å²) in [5, 5.41) is 23.2. The highest BCUT2D eigenvalue weighted by molar-refractivity contribution is 6.06. The number of amides is 1. The normalized spacial score (nSPS) is 16.0. The second kappa shape index (κ2) is 7.16. The Balaban J connectivity index is 2.03. The number of carboxylic acids is 1. The van der Waals surface area contributed by atoms with Crippen LogP contribution in [0.15, 0.2) is 29.1 Å². The van der Waals surface area contributed by atoms with Gasteiger partial charge in [0.1, 0.15) is 0 Å². The molecule has 142 valence electrons. The highest BCUT2D eigenvalue weighted by Crippen LogP contribution is 2.27. The van der Waals surface area contributed by atoms with Gasteiger partial charge in [-0.1, -0.05) is 0 Å². The molecule has 0 aliphatic carbocycles. The van der Waals surface area contributed by atoms with Gasteiger partial charge in [-0.3, -0.25) is 24.5 Å². The molecule has 2 aromatic rings. The molecular weight excluding hydrogens is 358 g/mol. The molecule has 10 nitrogen and oxygen atoms in total. The fourth-order valence-corrected chi connectivity index (χ4v) is 3.25. The molecule has 3 rings (SSSR count). The van der Waals surface area contributed by atoms with Gasteiger partial charge in [-0.15, -0.1) is 0 Å². The average Bonchev–Trinajstić information content (AvgIpc) is 2.60. The third kappa shape index (κ3) is 3.95. The molecule has 0 atom stereocenters. The molecule has 1 fully saturated rings. The molecule has 1 aromatic carbocycles. The largest absolute Gasteiger partial charge is 0.481 e. The summed E-state index contributed by atoms with van der Waals surface area (Å²) in [6.07, 6.45) is 0.335. The smallest absolute Gasteiger partial charge is 0.305 e. The summed E-state index contributed by atoms with van der Waals surface area (Å²) in [7, 11) is 0. The second-order valence-electron chi connectivity index (χ2n) is 6.45. The molecule has 0 radical (unpaired) electrons. The van der Waals surface area contributed by atoms with E-state index in [1.807, 2.05) is 0 Å². The number of non-ortho nitro benzene ring substituents is 1. The highest BCUT2D eigenvalue weighted by atomic mass is 16.6. The predicted molar refractivity (Wildman–Crippen MR) is 93.7 cm³/mol. The number of pyridine rings is 1. The summed E-state index contributed by atoms with van der Waals surface area (Å²) >= 11 is 0. The fourth-order valence-electron chi connectivity index (χ4n) is 3.25. The van der Waals surface area contributed by atoms with Crippen molar-refractivity contribution in [1.82, 2.24) is 10.3 Å². The number of aliphatic carboxylic acids is 1. The second-order valence-corrected chi connectivity index (χ2v) is 6.45. The van der Waals surface area contributed by atoms with E-state index in [0.717, 1.165) is 6.07 Å². The highest BCUT2D eigenvalue weighted by Gasteiger charge is 2.37. The first-order chi connectivity index (χ1) is 12.8. The minimum Gasteiger partial charge on any atom is -0.481 e. The molecule has 0 spiro atoms. The third-order valence-corrected chi connectivity index (χ3v) is 4.60. The zero-order valence-electron chi connectivity index (χ0n) is 14.2. The number of ether oxygens (including phenoxy) is 1. The van der Waals surface area contributed by atoms with Crippen molar-refractivity contribution in [3.8, 4) is 0 Å². The lowest BCUT2D eigenvalue weighted by molar-refractivity contribution is -0.384. The van der Waals surface area contributed by atoms with Crippen LogP contribution in [-0.2, 0) is 9.53 Å². The molecule has 27 heavy (non-hydrogen) atoms. The number of H-pyrrole nitrogens is 1. The molecule has 1 aliphatic heterocycles. The van der Waals surface area contributed by atoms with E-state index >= 15 is 0 Å². The lowest BCUT2D eigenvalue weighted by Gasteiger charge is -2.36. The molecule has 2 heterocycles. The maximum absolute atomic E-state index is 12.9. The zero-order valence-corrected chi connectivity index (χ0v) is 14.2. The van der Waals surface area contributed by atoms with E-state index in [-0.39, 0.29) is 28.6 Å². The minimum absolute atomic E-state index is 0.0475. The van der Waals surface area contributed by atoms with Crippen LogP contribution in [0, 0.1) is 10.1 Å². The Morgan fingerprint density at radius 1 is 1.30 bits per heavy atom. The van der Waals surface area contributed by atoms with E-state index in [9.17, 15) is 29.6 Å². The number of aromatic amines is 1. The minimum atomic E-state index is -1.07. The SMILES string of the molecule is O=C(O)CC1(NC(=O)c2cc(=O)[nH]c3ccc([N+](=O)[O-])cc23)CCOCC1. The van der Waals surface area contributed by atoms with Gasteiger partial charge in [-0.2, -0.15) is 0 Å². The fraction of sp³-hybridized carbons (Fsp3) is 0.353. The van der Waals surface area contributed by atoms with Crippen LogP contribution < -0.4 is 10.9 Å². The van der Waals surface area contributed by atoms with Crippen LogP contribution >= 0.6 is 0 Å². The lowest BCUT2D eigenvalue weighted by atomic mass is 9.86. The van der Waals surface area contributed by atoms with Gasteiger partial charge >= 0.3 is 5.97 Å². The molecule has 1 aliphatic rings. The molecule has 10 heteroatoms. The first-order valence-electron chi connectivity index (χ1n) is 8.23. The number of nitrogens with one attached hydrogen (secondary N) is 2. The number of nitro groups is 1. The predicted octanol–water partition coefficient (Wildman–Crippen LogP) is 1.19. The summed E-state index contributed by atoms with van der Waals surface area (Å²) < 4.78 is 5.25. The summed E-state index contributed by atoms with van der Waals surface area (Å²) in [4.78, 5) is 49.0. The van der Waals surface area contributed by atoms with Crippen LogP contribution in [0.2, 0.25) is 0 Å². The number of aromatic nitrogens is 1. The van der Waals surface area contributed by atoms with Crippen LogP contribution in [0.3, 0.4) is 0 Å². The quantitative estimate of drug-likeness (QED) is 0.524. The number of nitro benzene ring substituents is 1. The first kappa shape index (κ1) is 18.5. The van der Waals surface area contributed by atoms with Gasteiger partial charge in [-0.25, -0.2) is 0 Å². The molecular formula is C17H17N3O7. The Morgan fingerprint density at radius 2 is 2.00 bits per heavy atom. The van der Waals surface area contributed by atoms with Gasteiger partial charge in [0.2, 0.25) is 5.56 Å². The molecule has 1 aromatic heterocycles. The zero-order chi connectivity index (χ0) is 19.6. The third-order valence-electron chi connectivity index (χ3n) is 4.60. The van der Waals surface area contributed by atoms with Crippen molar-refractivity contribution in [2.24, 2.45) is 0 Å². The van der Waals surface area contributed by atoms with Crippen molar-refractivity contribution in [3.05, 3.63) is 50.3 Å². The summed E-state index contributed by atoms with van der Waals surface area (Å²) in [5.41, 5.74) is -1.54. The van der Waals surface area contributed by atoms with E-state index in [1.165, 1.54) is 18.2 Å². The number of hydrogen-bond donors (Lipinski definition) is 3. The van der Waals surface area contributed by atoms with Crippen molar-refractivity contribution in [3.63, 3.8) is 0 Å². The van der Waals surface area contributed by atoms with Crippen molar-refractivity contribution < 1.29 is 24.4 Å². The van der Waals surface area contributed by atoms with Gasteiger partial charge in [-0.05, 0) is 18.9 Å². The van der Waals surface area contributed by atoms with Gasteiger partial charge < -0.3 is 20.1 Å². The number of benzene rings is 1. The van der Waals surface area contributed by atoms with Crippen LogP contribution in [0.25, 0.3) is 10.9 Å². The number of fused-ring (bicyclic) bond motifs is 1. The molecule has 0 saturated carbocycles. The topological polar surface area (TPSA) is 152 Å². The van der Waals surface area contributed by atoms with Crippen molar-refractivity contribution in [2.75, 3.05) is 13.2 Å². The van der Waals surface area contributed by atoms with Crippen LogP contribution in [-0.4, -0.2) is 45.6 Å². The lowest BCUT2D eigenvalue weighted by Crippen LogP contribution is -2.53.